The van der Waals surface area contributed by atoms with Crippen LogP contribution in [0.3, 0.4) is 0 Å². The van der Waals surface area contributed by atoms with Crippen LogP contribution < -0.4 is 10.2 Å². The highest BCUT2D eigenvalue weighted by Gasteiger charge is 2.14. The number of aromatic nitrogens is 2. The van der Waals surface area contributed by atoms with E-state index in [-0.39, 0.29) is 0 Å². The summed E-state index contributed by atoms with van der Waals surface area (Å²) in [6, 6.07) is -0.969. The van der Waals surface area contributed by atoms with E-state index >= 15 is 0 Å². The van der Waals surface area contributed by atoms with Gasteiger partial charge in [-0.3, -0.25) is 10.1 Å². The summed E-state index contributed by atoms with van der Waals surface area (Å²) in [4.78, 5) is 20.6. The molecule has 1 rings (SSSR count). The minimum absolute atomic E-state index is 0.297. The molecule has 17 heavy (non-hydrogen) atoms. The number of aliphatic hydroxyl groups excluding tert-OH is 1. The number of nitrogens with zero attached hydrogens (tertiary/aromatic N) is 3. The van der Waals surface area contributed by atoms with Crippen LogP contribution in [0.4, 0.5) is 5.95 Å². The van der Waals surface area contributed by atoms with Crippen LogP contribution >= 0.6 is 0 Å². The lowest BCUT2D eigenvalue weighted by atomic mass is 10.3. The van der Waals surface area contributed by atoms with E-state index in [2.05, 4.69) is 15.3 Å². The maximum atomic E-state index is 10.6. The van der Waals surface area contributed by atoms with E-state index in [1.807, 2.05) is 14.1 Å². The number of rotatable bonds is 6. The molecule has 0 aliphatic carbocycles. The lowest BCUT2D eigenvalue weighted by molar-refractivity contribution is -0.140. The zero-order valence-corrected chi connectivity index (χ0v) is 9.79. The second-order valence-corrected chi connectivity index (χ2v) is 3.74. The number of aliphatic hydroxyl groups is 1. The minimum Gasteiger partial charge on any atom is -0.480 e. The van der Waals surface area contributed by atoms with Crippen molar-refractivity contribution in [1.29, 1.82) is 0 Å². The summed E-state index contributed by atoms with van der Waals surface area (Å²) in [5.41, 5.74) is 0.760. The van der Waals surface area contributed by atoms with Gasteiger partial charge in [-0.25, -0.2) is 9.97 Å². The molecular weight excluding hydrogens is 224 g/mol. The first-order valence-electron chi connectivity index (χ1n) is 5.10. The van der Waals surface area contributed by atoms with Gasteiger partial charge in [0.1, 0.15) is 6.04 Å². The molecule has 0 fully saturated rings. The Morgan fingerprint density at radius 2 is 2.06 bits per heavy atom. The van der Waals surface area contributed by atoms with Gasteiger partial charge in [-0.15, -0.1) is 0 Å². The van der Waals surface area contributed by atoms with Crippen molar-refractivity contribution in [2.75, 3.05) is 25.6 Å². The largest absolute Gasteiger partial charge is 0.480 e. The predicted octanol–water partition coefficient (Wildman–Crippen LogP) is -0.922. The van der Waals surface area contributed by atoms with Crippen LogP contribution in [-0.4, -0.2) is 52.9 Å². The Morgan fingerprint density at radius 3 is 2.47 bits per heavy atom. The van der Waals surface area contributed by atoms with Crippen molar-refractivity contribution in [3.8, 4) is 0 Å². The highest BCUT2D eigenvalue weighted by molar-refractivity contribution is 5.73. The number of nitrogens with one attached hydrogen (secondary N) is 1. The molecule has 94 valence electrons. The summed E-state index contributed by atoms with van der Waals surface area (Å²) in [7, 11) is 3.67. The van der Waals surface area contributed by atoms with Gasteiger partial charge >= 0.3 is 5.97 Å². The lowest BCUT2D eigenvalue weighted by Crippen LogP contribution is -2.39. The van der Waals surface area contributed by atoms with Gasteiger partial charge in [0.2, 0.25) is 5.95 Å². The molecule has 0 bridgehead atoms. The van der Waals surface area contributed by atoms with Crippen molar-refractivity contribution < 1.29 is 15.0 Å². The zero-order valence-electron chi connectivity index (χ0n) is 9.79. The first-order valence-corrected chi connectivity index (χ1v) is 5.10. The third-order valence-corrected chi connectivity index (χ3v) is 2.12. The third-order valence-electron chi connectivity index (χ3n) is 2.12. The fourth-order valence-corrected chi connectivity index (χ4v) is 1.14. The average molecular weight is 240 g/mol. The molecule has 0 spiro atoms. The van der Waals surface area contributed by atoms with Crippen molar-refractivity contribution in [2.45, 2.75) is 12.6 Å². The molecule has 1 atom stereocenters. The molecular formula is C10H16N4O3. The smallest absolute Gasteiger partial charge is 0.323 e. The van der Waals surface area contributed by atoms with Gasteiger partial charge in [-0.1, -0.05) is 0 Å². The molecule has 0 aliphatic heterocycles. The maximum Gasteiger partial charge on any atom is 0.323 e. The molecule has 7 nitrogen and oxygen atoms in total. The monoisotopic (exact) mass is 240 g/mol. The Hall–Kier alpha value is -1.73. The van der Waals surface area contributed by atoms with Gasteiger partial charge in [-0.2, -0.15) is 0 Å². The summed E-state index contributed by atoms with van der Waals surface area (Å²) in [5, 5.41) is 20.2. The third kappa shape index (κ3) is 3.97. The van der Waals surface area contributed by atoms with Gasteiger partial charge in [0.25, 0.3) is 0 Å². The number of anilines is 1. The molecule has 0 radical (unpaired) electrons. The molecule has 0 saturated heterocycles. The van der Waals surface area contributed by atoms with Crippen molar-refractivity contribution in [3.05, 3.63) is 18.0 Å². The molecule has 3 N–H and O–H groups in total. The normalized spacial score (nSPS) is 12.2. The van der Waals surface area contributed by atoms with E-state index in [1.54, 1.807) is 17.3 Å². The summed E-state index contributed by atoms with van der Waals surface area (Å²) in [6.07, 6.45) is 3.23. The quantitative estimate of drug-likeness (QED) is 0.591. The Kier molecular flexibility index (Phi) is 4.80. The minimum atomic E-state index is -1.08. The Morgan fingerprint density at radius 1 is 1.47 bits per heavy atom. The van der Waals surface area contributed by atoms with Crippen molar-refractivity contribution in [3.63, 3.8) is 0 Å². The maximum absolute atomic E-state index is 10.6. The van der Waals surface area contributed by atoms with Crippen molar-refractivity contribution >= 4 is 11.9 Å². The van der Waals surface area contributed by atoms with Gasteiger partial charge in [0.15, 0.2) is 0 Å². The molecule has 0 unspecified atom stereocenters. The van der Waals surface area contributed by atoms with Crippen LogP contribution in [0, 0.1) is 0 Å². The summed E-state index contributed by atoms with van der Waals surface area (Å²) in [6.45, 7) is -0.156. The second kappa shape index (κ2) is 6.12. The molecule has 1 aromatic rings. The van der Waals surface area contributed by atoms with E-state index in [9.17, 15) is 4.79 Å². The van der Waals surface area contributed by atoms with Crippen molar-refractivity contribution in [1.82, 2.24) is 15.3 Å². The first kappa shape index (κ1) is 13.3. The number of hydrogen-bond donors (Lipinski definition) is 3. The molecule has 1 heterocycles. The van der Waals surface area contributed by atoms with Crippen LogP contribution in [0.5, 0.6) is 0 Å². The van der Waals surface area contributed by atoms with Gasteiger partial charge < -0.3 is 15.1 Å². The topological polar surface area (TPSA) is 98.6 Å². The molecule has 0 aromatic carbocycles. The van der Waals surface area contributed by atoms with E-state index in [0.29, 0.717) is 12.5 Å². The van der Waals surface area contributed by atoms with Gasteiger partial charge in [-0.05, 0) is 0 Å². The van der Waals surface area contributed by atoms with E-state index < -0.39 is 18.6 Å². The number of carbonyl (C=O) groups is 1. The first-order chi connectivity index (χ1) is 8.04. The Balaban J connectivity index is 2.55. The van der Waals surface area contributed by atoms with Crippen LogP contribution in [-0.2, 0) is 11.3 Å². The summed E-state index contributed by atoms with van der Waals surface area (Å²) in [5.74, 6) is -0.496. The molecule has 7 heteroatoms. The standard InChI is InChI=1S/C10H16N4O3/c1-14(2)10-12-4-7(5-13-10)3-11-8(6-15)9(16)17/h4-5,8,11,15H,3,6H2,1-2H3,(H,16,17)/t8-/m1/s1. The van der Waals surface area contributed by atoms with Crippen LogP contribution in [0.1, 0.15) is 5.56 Å². The van der Waals surface area contributed by atoms with E-state index in [0.717, 1.165) is 5.56 Å². The van der Waals surface area contributed by atoms with E-state index in [4.69, 9.17) is 10.2 Å². The van der Waals surface area contributed by atoms with Gasteiger partial charge in [0, 0.05) is 38.6 Å². The fourth-order valence-electron chi connectivity index (χ4n) is 1.14. The molecule has 0 amide bonds. The van der Waals surface area contributed by atoms with Crippen LogP contribution in [0.2, 0.25) is 0 Å². The SMILES string of the molecule is CN(C)c1ncc(CN[C@H](CO)C(=O)O)cn1. The Bertz CT molecular complexity index is 366. The van der Waals surface area contributed by atoms with Crippen LogP contribution in [0.15, 0.2) is 12.4 Å². The predicted molar refractivity (Wildman–Crippen MR) is 61.7 cm³/mol. The van der Waals surface area contributed by atoms with Crippen LogP contribution in [0.25, 0.3) is 0 Å². The zero-order chi connectivity index (χ0) is 12.8. The second-order valence-electron chi connectivity index (χ2n) is 3.74. The summed E-state index contributed by atoms with van der Waals surface area (Å²) < 4.78 is 0. The Labute approximate surface area is 99.1 Å². The van der Waals surface area contributed by atoms with Crippen molar-refractivity contribution in [2.24, 2.45) is 0 Å². The lowest BCUT2D eigenvalue weighted by Gasteiger charge is -2.12. The molecule has 0 saturated carbocycles. The number of carboxylic acids is 1. The highest BCUT2D eigenvalue weighted by atomic mass is 16.4. The average Bonchev–Trinajstić information content (AvgIpc) is 2.30. The van der Waals surface area contributed by atoms with E-state index in [1.165, 1.54) is 0 Å². The summed E-state index contributed by atoms with van der Waals surface area (Å²) >= 11 is 0. The number of aliphatic carboxylic acids is 1. The fraction of sp³-hybridized carbons (Fsp3) is 0.500. The molecule has 0 aliphatic rings. The van der Waals surface area contributed by atoms with Gasteiger partial charge in [0.05, 0.1) is 6.61 Å². The number of hydrogen-bond acceptors (Lipinski definition) is 6. The molecule has 1 aromatic heterocycles. The number of carboxylic acid groups (broad SMARTS) is 1. The highest BCUT2D eigenvalue weighted by Crippen LogP contribution is 2.02.